The van der Waals surface area contributed by atoms with Crippen LogP contribution in [0.5, 0.6) is 0 Å². The van der Waals surface area contributed by atoms with E-state index in [0.717, 1.165) is 35.3 Å². The number of benzene rings is 2. The second-order valence-electron chi connectivity index (χ2n) is 11.1. The Balaban J connectivity index is 1.85. The minimum Gasteiger partial charge on any atom is -0.325 e. The number of nitrogens with two attached hydrogens (primary N) is 1. The molecule has 7 nitrogen and oxygen atoms in total. The Bertz CT molecular complexity index is 1280. The van der Waals surface area contributed by atoms with Crippen molar-refractivity contribution in [3.63, 3.8) is 0 Å². The van der Waals surface area contributed by atoms with Gasteiger partial charge in [0.2, 0.25) is 0 Å². The van der Waals surface area contributed by atoms with E-state index in [1.807, 2.05) is 51.1 Å². The smallest absolute Gasteiger partial charge is 0.320 e. The summed E-state index contributed by atoms with van der Waals surface area (Å²) in [5.74, 6) is 0.867. The largest absolute Gasteiger partial charge is 0.325 e. The zero-order chi connectivity index (χ0) is 28.9. The topological polar surface area (TPSA) is 80.3 Å². The van der Waals surface area contributed by atoms with Gasteiger partial charge in [-0.2, -0.15) is 16.9 Å². The molecule has 2 N–H and O–H groups in total. The van der Waals surface area contributed by atoms with E-state index in [2.05, 4.69) is 5.10 Å². The number of urea groups is 1. The number of aromatic nitrogens is 3. The molecule has 0 aliphatic carbocycles. The normalized spacial score (nSPS) is 15.6. The van der Waals surface area contributed by atoms with E-state index in [9.17, 15) is 18.0 Å². The van der Waals surface area contributed by atoms with Crippen molar-refractivity contribution in [2.45, 2.75) is 45.8 Å². The van der Waals surface area contributed by atoms with Crippen LogP contribution in [0.4, 0.5) is 18.0 Å². The maximum Gasteiger partial charge on any atom is 0.320 e. The quantitative estimate of drug-likeness (QED) is 0.364. The molecule has 0 spiro atoms. The van der Waals surface area contributed by atoms with Crippen LogP contribution in [0.3, 0.4) is 0 Å². The predicted molar refractivity (Wildman–Crippen MR) is 153 cm³/mol. The van der Waals surface area contributed by atoms with Crippen LogP contribution < -0.4 is 5.73 Å². The first-order valence-electron chi connectivity index (χ1n) is 13.5. The Morgan fingerprint density at radius 3 is 2.48 bits per heavy atom. The lowest BCUT2D eigenvalue weighted by molar-refractivity contribution is 0.0823. The standard InChI is InChI=1S/C29H37F3N6OS/c1-29(2,3)25(37(12-11-22(33)18-30)28(39)36-13-15-40-16-14-36)27-34-26(23-17-21(31)9-10-24(23)32)35-38(27)19-20-7-5-4-6-8-20/h4-10,17,22,25H,11-16,18-19,33H2,1-3H3/t22-,25-/m0/s1. The number of thioether (sulfide) groups is 1. The highest BCUT2D eigenvalue weighted by Gasteiger charge is 2.40. The van der Waals surface area contributed by atoms with Crippen molar-refractivity contribution < 1.29 is 18.0 Å². The summed E-state index contributed by atoms with van der Waals surface area (Å²) in [5, 5.41) is 4.64. The van der Waals surface area contributed by atoms with Gasteiger partial charge in [0, 0.05) is 37.2 Å². The third-order valence-corrected chi connectivity index (χ3v) is 7.83. The second-order valence-corrected chi connectivity index (χ2v) is 12.3. The first-order chi connectivity index (χ1) is 19.1. The highest BCUT2D eigenvalue weighted by molar-refractivity contribution is 7.99. The highest BCUT2D eigenvalue weighted by atomic mass is 32.2. The van der Waals surface area contributed by atoms with Crippen molar-refractivity contribution in [3.05, 3.63) is 71.6 Å². The number of carbonyl (C=O) groups is 1. The van der Waals surface area contributed by atoms with E-state index in [-0.39, 0.29) is 30.4 Å². The van der Waals surface area contributed by atoms with Gasteiger partial charge in [0.05, 0.1) is 18.2 Å². The molecule has 0 bridgehead atoms. The van der Waals surface area contributed by atoms with Gasteiger partial charge in [0.1, 0.15) is 18.3 Å². The molecule has 40 heavy (non-hydrogen) atoms. The van der Waals surface area contributed by atoms with Crippen LogP contribution in [-0.2, 0) is 6.54 Å². The van der Waals surface area contributed by atoms with Crippen LogP contribution >= 0.6 is 11.8 Å². The summed E-state index contributed by atoms with van der Waals surface area (Å²) in [5.41, 5.74) is 6.26. The summed E-state index contributed by atoms with van der Waals surface area (Å²) in [6.45, 7) is 6.98. The predicted octanol–water partition coefficient (Wildman–Crippen LogP) is 5.52. The lowest BCUT2D eigenvalue weighted by atomic mass is 9.84. The Morgan fingerprint density at radius 1 is 1.12 bits per heavy atom. The summed E-state index contributed by atoms with van der Waals surface area (Å²) >= 11 is 1.79. The average molecular weight is 575 g/mol. The molecule has 1 aliphatic heterocycles. The maximum absolute atomic E-state index is 14.9. The van der Waals surface area contributed by atoms with Crippen molar-refractivity contribution in [3.8, 4) is 11.4 Å². The van der Waals surface area contributed by atoms with Gasteiger partial charge in [-0.3, -0.25) is 0 Å². The summed E-state index contributed by atoms with van der Waals surface area (Å²) in [6, 6.07) is 11.2. The summed E-state index contributed by atoms with van der Waals surface area (Å²) < 4.78 is 44.1. The van der Waals surface area contributed by atoms with Crippen LogP contribution in [-0.4, -0.2) is 74.5 Å². The SMILES string of the molecule is CC(C)(C)[C@H](c1nc(-c2cc(F)ccc2F)nn1Cc1ccccc1)N(CC[C@H](N)CF)C(=O)N1CCSCC1. The van der Waals surface area contributed by atoms with E-state index in [1.165, 1.54) is 0 Å². The Kier molecular flexibility index (Phi) is 9.78. The van der Waals surface area contributed by atoms with Crippen molar-refractivity contribution in [1.82, 2.24) is 24.6 Å². The number of hydrogen-bond acceptors (Lipinski definition) is 5. The van der Waals surface area contributed by atoms with E-state index in [0.29, 0.717) is 25.5 Å². The fourth-order valence-electron chi connectivity index (χ4n) is 4.86. The van der Waals surface area contributed by atoms with Gasteiger partial charge < -0.3 is 15.5 Å². The third kappa shape index (κ3) is 7.17. The number of halogens is 3. The van der Waals surface area contributed by atoms with E-state index < -0.39 is 35.8 Å². The van der Waals surface area contributed by atoms with Gasteiger partial charge in [0.25, 0.3) is 0 Å². The van der Waals surface area contributed by atoms with Crippen LogP contribution in [0.1, 0.15) is 44.6 Å². The molecule has 3 aromatic rings. The molecule has 1 fully saturated rings. The summed E-state index contributed by atoms with van der Waals surface area (Å²) in [7, 11) is 0. The number of alkyl halides is 1. The summed E-state index contributed by atoms with van der Waals surface area (Å²) in [6.07, 6.45) is 0.260. The number of carbonyl (C=O) groups excluding carboxylic acids is 1. The molecule has 1 aliphatic rings. The Labute approximate surface area is 237 Å². The second kappa shape index (κ2) is 13.1. The van der Waals surface area contributed by atoms with Crippen LogP contribution in [0.2, 0.25) is 0 Å². The number of amides is 2. The number of hydrogen-bond donors (Lipinski definition) is 1. The molecule has 2 aromatic carbocycles. The lowest BCUT2D eigenvalue weighted by Gasteiger charge is -2.42. The van der Waals surface area contributed by atoms with Gasteiger partial charge in [-0.05, 0) is 35.6 Å². The van der Waals surface area contributed by atoms with Gasteiger partial charge >= 0.3 is 6.03 Å². The van der Waals surface area contributed by atoms with Crippen molar-refractivity contribution >= 4 is 17.8 Å². The summed E-state index contributed by atoms with van der Waals surface area (Å²) in [4.78, 5) is 22.3. The van der Waals surface area contributed by atoms with Gasteiger partial charge in [0.15, 0.2) is 11.6 Å². The maximum atomic E-state index is 14.9. The molecular formula is C29H37F3N6OS. The molecule has 2 amide bonds. The van der Waals surface area contributed by atoms with Crippen LogP contribution in [0, 0.1) is 17.0 Å². The highest BCUT2D eigenvalue weighted by Crippen LogP contribution is 2.39. The van der Waals surface area contributed by atoms with Crippen molar-refractivity contribution in [1.29, 1.82) is 0 Å². The molecule has 1 aromatic heterocycles. The molecule has 0 unspecified atom stereocenters. The van der Waals surface area contributed by atoms with Crippen LogP contribution in [0.15, 0.2) is 48.5 Å². The molecule has 2 atom stereocenters. The minimum absolute atomic E-state index is 0.0272. The van der Waals surface area contributed by atoms with E-state index in [4.69, 9.17) is 10.7 Å². The fourth-order valence-corrected chi connectivity index (χ4v) is 5.76. The van der Waals surface area contributed by atoms with Gasteiger partial charge in [-0.1, -0.05) is 51.1 Å². The molecule has 1 saturated heterocycles. The molecule has 11 heteroatoms. The van der Waals surface area contributed by atoms with Crippen molar-refractivity contribution in [2.75, 3.05) is 37.8 Å². The van der Waals surface area contributed by atoms with E-state index >= 15 is 0 Å². The number of nitrogens with zero attached hydrogens (tertiary/aromatic N) is 5. The Hall–Kier alpha value is -3.05. The minimum atomic E-state index is -0.716. The first kappa shape index (κ1) is 29.9. The van der Waals surface area contributed by atoms with Gasteiger partial charge in [-0.15, -0.1) is 0 Å². The average Bonchev–Trinajstić information content (AvgIpc) is 3.34. The van der Waals surface area contributed by atoms with Gasteiger partial charge in [-0.25, -0.2) is 27.6 Å². The lowest BCUT2D eigenvalue weighted by Crippen LogP contribution is -2.52. The Morgan fingerprint density at radius 2 is 1.82 bits per heavy atom. The molecule has 0 saturated carbocycles. The molecule has 216 valence electrons. The molecule has 2 heterocycles. The van der Waals surface area contributed by atoms with Crippen LogP contribution in [0.25, 0.3) is 11.4 Å². The third-order valence-electron chi connectivity index (χ3n) is 6.89. The first-order valence-corrected chi connectivity index (χ1v) is 14.6. The fraction of sp³-hybridized carbons (Fsp3) is 0.483. The molecule has 4 rings (SSSR count). The zero-order valence-corrected chi connectivity index (χ0v) is 24.0. The molecular weight excluding hydrogens is 537 g/mol. The monoisotopic (exact) mass is 574 g/mol. The van der Waals surface area contributed by atoms with E-state index in [1.54, 1.807) is 26.2 Å². The molecule has 0 radical (unpaired) electrons. The zero-order valence-electron chi connectivity index (χ0n) is 23.2. The number of rotatable bonds is 9. The van der Waals surface area contributed by atoms with Crippen molar-refractivity contribution in [2.24, 2.45) is 11.1 Å².